The number of hydrogen-bond acceptors (Lipinski definition) is 5. The molecular formula is C24H24FN5O2. The number of carbonyl (C=O) groups excluding carboxylic acids is 2. The van der Waals surface area contributed by atoms with Crippen LogP contribution in [0, 0.1) is 5.82 Å². The van der Waals surface area contributed by atoms with E-state index < -0.39 is 5.91 Å². The Hall–Kier alpha value is -3.81. The number of carbonyl (C=O) groups is 2. The first kappa shape index (κ1) is 21.4. The summed E-state index contributed by atoms with van der Waals surface area (Å²) in [4.78, 5) is 35.1. The molecule has 2 amide bonds. The van der Waals surface area contributed by atoms with E-state index >= 15 is 0 Å². The number of anilines is 1. The Bertz CT molecular complexity index is 1130. The average Bonchev–Trinajstić information content (AvgIpc) is 2.80. The number of aromatic nitrogens is 2. The van der Waals surface area contributed by atoms with Crippen molar-refractivity contribution in [2.24, 2.45) is 5.73 Å². The molecule has 1 aromatic heterocycles. The van der Waals surface area contributed by atoms with Crippen LogP contribution in [0.1, 0.15) is 46.9 Å². The van der Waals surface area contributed by atoms with Crippen molar-refractivity contribution in [2.75, 3.05) is 12.3 Å². The molecule has 1 saturated heterocycles. The Morgan fingerprint density at radius 2 is 1.78 bits per heavy atom. The fourth-order valence-electron chi connectivity index (χ4n) is 4.09. The van der Waals surface area contributed by atoms with Gasteiger partial charge in [0.2, 0.25) is 17.8 Å². The highest BCUT2D eigenvalue weighted by Gasteiger charge is 2.31. The number of halogens is 1. The Kier molecular flexibility index (Phi) is 6.11. The van der Waals surface area contributed by atoms with Gasteiger partial charge in [-0.25, -0.2) is 14.4 Å². The Morgan fingerprint density at radius 3 is 2.47 bits per heavy atom. The lowest BCUT2D eigenvalue weighted by atomic mass is 9.93. The van der Waals surface area contributed by atoms with Gasteiger partial charge in [0.15, 0.2) is 0 Å². The number of rotatable bonds is 5. The van der Waals surface area contributed by atoms with Crippen molar-refractivity contribution in [3.8, 4) is 11.1 Å². The molecule has 0 radical (unpaired) electrons. The molecule has 1 fully saturated rings. The first-order valence-corrected chi connectivity index (χ1v) is 10.5. The van der Waals surface area contributed by atoms with Crippen molar-refractivity contribution in [1.29, 1.82) is 0 Å². The third-order valence-electron chi connectivity index (χ3n) is 5.72. The van der Waals surface area contributed by atoms with Gasteiger partial charge < -0.3 is 16.4 Å². The van der Waals surface area contributed by atoms with Gasteiger partial charge in [-0.3, -0.25) is 9.59 Å². The summed E-state index contributed by atoms with van der Waals surface area (Å²) in [6, 6.07) is 12.6. The molecule has 0 spiro atoms. The molecule has 2 heterocycles. The second-order valence-electron chi connectivity index (χ2n) is 7.87. The maximum atomic E-state index is 13.2. The van der Waals surface area contributed by atoms with Crippen molar-refractivity contribution in [3.05, 3.63) is 77.4 Å². The SMILES string of the molecule is NC(=O)c1ccc(-c2cnc(N)nc2C2CCCCN2C(=O)Cc2ccc(F)cc2)cc1. The fraction of sp³-hybridized carbons (Fsp3) is 0.250. The Morgan fingerprint density at radius 1 is 1.06 bits per heavy atom. The lowest BCUT2D eigenvalue weighted by molar-refractivity contribution is -0.134. The molecule has 3 aromatic rings. The number of primary amides is 1. The highest BCUT2D eigenvalue weighted by molar-refractivity contribution is 5.93. The van der Waals surface area contributed by atoms with E-state index in [1.165, 1.54) is 12.1 Å². The second kappa shape index (κ2) is 9.13. The van der Waals surface area contributed by atoms with Crippen LogP contribution in [-0.4, -0.2) is 33.2 Å². The minimum absolute atomic E-state index is 0.0477. The van der Waals surface area contributed by atoms with Gasteiger partial charge in [0.25, 0.3) is 0 Å². The molecule has 0 saturated carbocycles. The lowest BCUT2D eigenvalue weighted by Crippen LogP contribution is -2.40. The zero-order valence-corrected chi connectivity index (χ0v) is 17.5. The number of likely N-dealkylation sites (tertiary alicyclic amines) is 1. The van der Waals surface area contributed by atoms with Gasteiger partial charge >= 0.3 is 0 Å². The van der Waals surface area contributed by atoms with Crippen molar-refractivity contribution in [3.63, 3.8) is 0 Å². The summed E-state index contributed by atoms with van der Waals surface area (Å²) in [6.07, 6.45) is 4.43. The highest BCUT2D eigenvalue weighted by Crippen LogP contribution is 2.36. The van der Waals surface area contributed by atoms with E-state index in [1.807, 2.05) is 4.90 Å². The number of nitrogens with zero attached hydrogens (tertiary/aromatic N) is 3. The highest BCUT2D eigenvalue weighted by atomic mass is 19.1. The Balaban J connectivity index is 1.67. The van der Waals surface area contributed by atoms with Crippen molar-refractivity contribution in [1.82, 2.24) is 14.9 Å². The van der Waals surface area contributed by atoms with Crippen LogP contribution in [0.2, 0.25) is 0 Å². The summed E-state index contributed by atoms with van der Waals surface area (Å²) in [6.45, 7) is 0.606. The molecule has 1 unspecified atom stereocenters. The number of nitrogen functional groups attached to an aromatic ring is 1. The van der Waals surface area contributed by atoms with Gasteiger partial charge in [-0.05, 0) is 54.7 Å². The van der Waals surface area contributed by atoms with E-state index in [0.717, 1.165) is 36.0 Å². The molecule has 8 heteroatoms. The summed E-state index contributed by atoms with van der Waals surface area (Å²) in [5, 5.41) is 0. The Labute approximate surface area is 185 Å². The molecular weight excluding hydrogens is 409 g/mol. The number of nitrogens with two attached hydrogens (primary N) is 2. The molecule has 1 atom stereocenters. The third-order valence-corrected chi connectivity index (χ3v) is 5.72. The molecule has 4 N–H and O–H groups in total. The predicted molar refractivity (Wildman–Crippen MR) is 119 cm³/mol. The molecule has 2 aromatic carbocycles. The first-order chi connectivity index (χ1) is 15.4. The van der Waals surface area contributed by atoms with E-state index in [1.54, 1.807) is 42.6 Å². The van der Waals surface area contributed by atoms with Gasteiger partial charge in [-0.2, -0.15) is 0 Å². The van der Waals surface area contributed by atoms with E-state index in [9.17, 15) is 14.0 Å². The van der Waals surface area contributed by atoms with E-state index in [-0.39, 0.29) is 30.1 Å². The number of benzene rings is 2. The van der Waals surface area contributed by atoms with Gasteiger partial charge in [-0.15, -0.1) is 0 Å². The second-order valence-corrected chi connectivity index (χ2v) is 7.87. The minimum Gasteiger partial charge on any atom is -0.368 e. The molecule has 7 nitrogen and oxygen atoms in total. The quantitative estimate of drug-likeness (QED) is 0.641. The molecule has 4 rings (SSSR count). The van der Waals surface area contributed by atoms with Gasteiger partial charge in [0.1, 0.15) is 5.82 Å². The zero-order valence-electron chi connectivity index (χ0n) is 17.5. The van der Waals surface area contributed by atoms with Crippen LogP contribution in [0.25, 0.3) is 11.1 Å². The topological polar surface area (TPSA) is 115 Å². The summed E-state index contributed by atoms with van der Waals surface area (Å²) in [5.41, 5.74) is 14.7. The zero-order chi connectivity index (χ0) is 22.7. The molecule has 0 aliphatic carbocycles. The van der Waals surface area contributed by atoms with Crippen molar-refractivity contribution >= 4 is 17.8 Å². The smallest absolute Gasteiger partial charge is 0.248 e. The van der Waals surface area contributed by atoms with Crippen LogP contribution in [0.3, 0.4) is 0 Å². The van der Waals surface area contributed by atoms with Crippen LogP contribution in [-0.2, 0) is 11.2 Å². The van der Waals surface area contributed by atoms with Gasteiger partial charge in [0.05, 0.1) is 18.2 Å². The molecule has 1 aliphatic rings. The fourth-order valence-corrected chi connectivity index (χ4v) is 4.09. The minimum atomic E-state index is -0.504. The van der Waals surface area contributed by atoms with Crippen LogP contribution in [0.4, 0.5) is 10.3 Å². The summed E-state index contributed by atoms with van der Waals surface area (Å²) < 4.78 is 13.2. The van der Waals surface area contributed by atoms with Gasteiger partial charge in [-0.1, -0.05) is 24.3 Å². The van der Waals surface area contributed by atoms with Crippen molar-refractivity contribution < 1.29 is 14.0 Å². The first-order valence-electron chi connectivity index (χ1n) is 10.5. The number of amides is 2. The van der Waals surface area contributed by atoms with Crippen LogP contribution >= 0.6 is 0 Å². The molecule has 0 bridgehead atoms. The average molecular weight is 433 g/mol. The maximum Gasteiger partial charge on any atom is 0.248 e. The lowest BCUT2D eigenvalue weighted by Gasteiger charge is -2.36. The summed E-state index contributed by atoms with van der Waals surface area (Å²) >= 11 is 0. The summed E-state index contributed by atoms with van der Waals surface area (Å²) in [5.74, 6) is -0.752. The maximum absolute atomic E-state index is 13.2. The number of hydrogen-bond donors (Lipinski definition) is 2. The largest absolute Gasteiger partial charge is 0.368 e. The van der Waals surface area contributed by atoms with Crippen LogP contribution in [0.15, 0.2) is 54.7 Å². The number of piperidine rings is 1. The van der Waals surface area contributed by atoms with Crippen LogP contribution in [0.5, 0.6) is 0 Å². The predicted octanol–water partition coefficient (Wildman–Crippen LogP) is 3.26. The molecule has 1 aliphatic heterocycles. The van der Waals surface area contributed by atoms with Gasteiger partial charge in [0, 0.05) is 23.9 Å². The monoisotopic (exact) mass is 433 g/mol. The standard InChI is InChI=1S/C24H24FN5O2/c25-18-10-4-15(5-11-18)13-21(31)30-12-2-1-3-20(30)22-19(14-28-24(27)29-22)16-6-8-17(9-7-16)23(26)32/h4-11,14,20H,1-3,12-13H2,(H2,26,32)(H2,27,28,29). The van der Waals surface area contributed by atoms with Crippen LogP contribution < -0.4 is 11.5 Å². The van der Waals surface area contributed by atoms with E-state index in [4.69, 9.17) is 11.5 Å². The molecule has 164 valence electrons. The van der Waals surface area contributed by atoms with E-state index in [0.29, 0.717) is 17.8 Å². The third kappa shape index (κ3) is 4.59. The summed E-state index contributed by atoms with van der Waals surface area (Å²) in [7, 11) is 0. The van der Waals surface area contributed by atoms with Crippen molar-refractivity contribution in [2.45, 2.75) is 31.7 Å². The molecule has 32 heavy (non-hydrogen) atoms. The van der Waals surface area contributed by atoms with E-state index in [2.05, 4.69) is 9.97 Å². The normalized spacial score (nSPS) is 16.0.